The largest absolute Gasteiger partial charge is 0.493 e. The molecule has 0 aliphatic carbocycles. The van der Waals surface area contributed by atoms with Crippen LogP contribution in [0.25, 0.3) is 22.8 Å². The molecule has 0 heterocycles. The van der Waals surface area contributed by atoms with Crippen molar-refractivity contribution in [2.24, 2.45) is 0 Å². The zero-order valence-electron chi connectivity index (χ0n) is 16.5. The fraction of sp³-hybridized carbons (Fsp3) is 0.167. The average Bonchev–Trinajstić information content (AvgIpc) is 2.73. The Kier molecular flexibility index (Phi) is 5.99. The standard InChI is InChI=1S/C24H24FNO2/c1-16(13-18-7-5-6-8-22(18)26-2)19-14-21(17-9-11-20(25)12-10-17)24(28-4)23(15-19)27-3/h5-15,26H,1-4H3/b16-13+. The van der Waals surface area contributed by atoms with Crippen molar-refractivity contribution >= 4 is 17.3 Å². The molecule has 0 radical (unpaired) electrons. The average molecular weight is 377 g/mol. The molecule has 3 nitrogen and oxygen atoms in total. The van der Waals surface area contributed by atoms with Gasteiger partial charge in [0.05, 0.1) is 14.2 Å². The van der Waals surface area contributed by atoms with E-state index in [0.29, 0.717) is 11.5 Å². The summed E-state index contributed by atoms with van der Waals surface area (Å²) in [6, 6.07) is 18.5. The molecule has 0 atom stereocenters. The van der Waals surface area contributed by atoms with Crippen molar-refractivity contribution in [2.45, 2.75) is 6.92 Å². The number of methoxy groups -OCH3 is 2. The number of rotatable bonds is 6. The van der Waals surface area contributed by atoms with Crippen LogP contribution >= 0.6 is 0 Å². The first-order valence-corrected chi connectivity index (χ1v) is 9.04. The second kappa shape index (κ2) is 8.61. The molecular formula is C24H24FNO2. The Morgan fingerprint density at radius 2 is 1.68 bits per heavy atom. The van der Waals surface area contributed by atoms with Crippen LogP contribution in [-0.2, 0) is 0 Å². The van der Waals surface area contributed by atoms with E-state index in [9.17, 15) is 4.39 Å². The van der Waals surface area contributed by atoms with Crippen molar-refractivity contribution in [1.29, 1.82) is 0 Å². The molecule has 0 fully saturated rings. The summed E-state index contributed by atoms with van der Waals surface area (Å²) in [6.45, 7) is 2.06. The quantitative estimate of drug-likeness (QED) is 0.526. The number of halogens is 1. The maximum Gasteiger partial charge on any atom is 0.168 e. The van der Waals surface area contributed by atoms with Crippen LogP contribution in [0.5, 0.6) is 11.5 Å². The molecule has 0 aliphatic rings. The SMILES string of the molecule is CNc1ccccc1/C=C(\C)c1cc(OC)c(OC)c(-c2ccc(F)cc2)c1. The fourth-order valence-corrected chi connectivity index (χ4v) is 3.20. The third-order valence-corrected chi connectivity index (χ3v) is 4.69. The van der Waals surface area contributed by atoms with Crippen LogP contribution in [0.4, 0.5) is 10.1 Å². The molecule has 3 aromatic rings. The predicted molar refractivity (Wildman–Crippen MR) is 114 cm³/mol. The molecule has 28 heavy (non-hydrogen) atoms. The number of benzene rings is 3. The van der Waals surface area contributed by atoms with E-state index in [1.807, 2.05) is 37.4 Å². The van der Waals surface area contributed by atoms with Crippen LogP contribution < -0.4 is 14.8 Å². The first kappa shape index (κ1) is 19.5. The topological polar surface area (TPSA) is 30.5 Å². The number of nitrogens with one attached hydrogen (secondary N) is 1. The molecule has 0 aliphatic heterocycles. The first-order valence-electron chi connectivity index (χ1n) is 9.04. The molecule has 144 valence electrons. The normalized spacial score (nSPS) is 11.2. The Bertz CT molecular complexity index is 994. The van der Waals surface area contributed by atoms with Crippen LogP contribution in [0, 0.1) is 5.82 Å². The molecule has 3 aromatic carbocycles. The number of hydrogen-bond acceptors (Lipinski definition) is 3. The van der Waals surface area contributed by atoms with Gasteiger partial charge in [0, 0.05) is 18.3 Å². The fourth-order valence-electron chi connectivity index (χ4n) is 3.20. The lowest BCUT2D eigenvalue weighted by molar-refractivity contribution is 0.356. The van der Waals surface area contributed by atoms with Gasteiger partial charge in [-0.2, -0.15) is 0 Å². The van der Waals surface area contributed by atoms with Gasteiger partial charge in [-0.1, -0.05) is 30.3 Å². The van der Waals surface area contributed by atoms with Gasteiger partial charge in [-0.25, -0.2) is 4.39 Å². The molecule has 0 spiro atoms. The van der Waals surface area contributed by atoms with Crippen molar-refractivity contribution < 1.29 is 13.9 Å². The molecule has 0 bridgehead atoms. The minimum atomic E-state index is -0.273. The predicted octanol–water partition coefficient (Wildman–Crippen LogP) is 6.11. The van der Waals surface area contributed by atoms with Gasteiger partial charge in [0.1, 0.15) is 5.82 Å². The van der Waals surface area contributed by atoms with Gasteiger partial charge in [0.2, 0.25) is 0 Å². The Balaban J connectivity index is 2.14. The third kappa shape index (κ3) is 4.01. The van der Waals surface area contributed by atoms with E-state index >= 15 is 0 Å². The zero-order valence-corrected chi connectivity index (χ0v) is 16.5. The van der Waals surface area contributed by atoms with E-state index in [0.717, 1.165) is 33.5 Å². The third-order valence-electron chi connectivity index (χ3n) is 4.69. The molecular weight excluding hydrogens is 353 g/mol. The summed E-state index contributed by atoms with van der Waals surface area (Å²) in [5.41, 5.74) is 5.95. The van der Waals surface area contributed by atoms with Crippen molar-refractivity contribution in [3.8, 4) is 22.6 Å². The smallest absolute Gasteiger partial charge is 0.168 e. The van der Waals surface area contributed by atoms with Crippen molar-refractivity contribution in [1.82, 2.24) is 0 Å². The van der Waals surface area contributed by atoms with E-state index in [1.54, 1.807) is 26.4 Å². The van der Waals surface area contributed by atoms with Crippen molar-refractivity contribution in [2.75, 3.05) is 26.6 Å². The molecule has 0 aromatic heterocycles. The number of para-hydroxylation sites is 1. The maximum atomic E-state index is 13.4. The van der Waals surface area contributed by atoms with Crippen LogP contribution in [0.15, 0.2) is 60.7 Å². The van der Waals surface area contributed by atoms with Crippen LogP contribution in [0.2, 0.25) is 0 Å². The van der Waals surface area contributed by atoms with E-state index in [4.69, 9.17) is 9.47 Å². The van der Waals surface area contributed by atoms with Gasteiger partial charge in [-0.05, 0) is 65.6 Å². The summed E-state index contributed by atoms with van der Waals surface area (Å²) in [7, 11) is 5.13. The molecule has 1 N–H and O–H groups in total. The van der Waals surface area contributed by atoms with Gasteiger partial charge < -0.3 is 14.8 Å². The molecule has 4 heteroatoms. The van der Waals surface area contributed by atoms with Crippen LogP contribution in [0.3, 0.4) is 0 Å². The Labute approximate surface area is 165 Å². The van der Waals surface area contributed by atoms with Gasteiger partial charge in [0.15, 0.2) is 11.5 Å². The zero-order chi connectivity index (χ0) is 20.1. The summed E-state index contributed by atoms with van der Waals surface area (Å²) >= 11 is 0. The highest BCUT2D eigenvalue weighted by molar-refractivity contribution is 5.87. The molecule has 0 saturated heterocycles. The molecule has 0 amide bonds. The second-order valence-electron chi connectivity index (χ2n) is 6.43. The van der Waals surface area contributed by atoms with Crippen molar-refractivity contribution in [3.05, 3.63) is 77.6 Å². The highest BCUT2D eigenvalue weighted by Gasteiger charge is 2.15. The van der Waals surface area contributed by atoms with Crippen molar-refractivity contribution in [3.63, 3.8) is 0 Å². The summed E-state index contributed by atoms with van der Waals surface area (Å²) in [6.07, 6.45) is 2.13. The van der Waals surface area contributed by atoms with E-state index in [1.165, 1.54) is 12.1 Å². The van der Waals surface area contributed by atoms with Crippen LogP contribution in [-0.4, -0.2) is 21.3 Å². The number of allylic oxidation sites excluding steroid dienone is 1. The molecule has 0 saturated carbocycles. The Morgan fingerprint density at radius 1 is 0.964 bits per heavy atom. The summed E-state index contributed by atoms with van der Waals surface area (Å²) in [4.78, 5) is 0. The monoisotopic (exact) mass is 377 g/mol. The number of anilines is 1. The lowest BCUT2D eigenvalue weighted by Gasteiger charge is -2.16. The van der Waals surface area contributed by atoms with E-state index in [2.05, 4.69) is 24.4 Å². The lowest BCUT2D eigenvalue weighted by Crippen LogP contribution is -1.96. The summed E-state index contributed by atoms with van der Waals surface area (Å²) in [5.74, 6) is 0.987. The van der Waals surface area contributed by atoms with Gasteiger partial charge >= 0.3 is 0 Å². The minimum absolute atomic E-state index is 0.273. The Morgan fingerprint density at radius 3 is 2.32 bits per heavy atom. The molecule has 0 unspecified atom stereocenters. The Hall–Kier alpha value is -3.27. The summed E-state index contributed by atoms with van der Waals surface area (Å²) < 4.78 is 24.5. The second-order valence-corrected chi connectivity index (χ2v) is 6.43. The number of hydrogen-bond donors (Lipinski definition) is 1. The minimum Gasteiger partial charge on any atom is -0.493 e. The lowest BCUT2D eigenvalue weighted by atomic mass is 9.96. The molecule has 3 rings (SSSR count). The van der Waals surface area contributed by atoms with E-state index in [-0.39, 0.29) is 5.82 Å². The highest BCUT2D eigenvalue weighted by atomic mass is 19.1. The van der Waals surface area contributed by atoms with E-state index < -0.39 is 0 Å². The highest BCUT2D eigenvalue weighted by Crippen LogP contribution is 2.41. The maximum absolute atomic E-state index is 13.4. The van der Waals surface area contributed by atoms with Gasteiger partial charge in [-0.3, -0.25) is 0 Å². The number of ether oxygens (including phenoxy) is 2. The van der Waals surface area contributed by atoms with Gasteiger partial charge in [0.25, 0.3) is 0 Å². The van der Waals surface area contributed by atoms with Crippen LogP contribution in [0.1, 0.15) is 18.1 Å². The first-order chi connectivity index (χ1) is 13.6. The summed E-state index contributed by atoms with van der Waals surface area (Å²) in [5, 5.41) is 3.21. The van der Waals surface area contributed by atoms with Gasteiger partial charge in [-0.15, -0.1) is 0 Å².